The molecule has 1 aliphatic heterocycles. The molecule has 0 aromatic carbocycles. The zero-order valence-electron chi connectivity index (χ0n) is 15.7. The van der Waals surface area contributed by atoms with E-state index >= 15 is 0 Å². The second-order valence-corrected chi connectivity index (χ2v) is 7.27. The largest absolute Gasteiger partial charge is 0.374 e. The Morgan fingerprint density at radius 2 is 2.19 bits per heavy atom. The molecule has 1 aliphatic rings. The first-order valence-corrected chi connectivity index (χ1v) is 9.31. The van der Waals surface area contributed by atoms with Gasteiger partial charge in [0.1, 0.15) is 5.82 Å². The number of aromatic nitrogens is 5. The van der Waals surface area contributed by atoms with Gasteiger partial charge >= 0.3 is 0 Å². The normalized spacial score (nSPS) is 18.6. The van der Waals surface area contributed by atoms with Crippen molar-refractivity contribution in [3.63, 3.8) is 0 Å². The number of hydrogen-bond acceptors (Lipinski definition) is 5. The first-order chi connectivity index (χ1) is 12.6. The number of ether oxygens (including phenoxy) is 1. The molecule has 4 heterocycles. The number of nitrogens with zero attached hydrogens (tertiary/aromatic N) is 6. The van der Waals surface area contributed by atoms with E-state index in [1.54, 1.807) is 0 Å². The van der Waals surface area contributed by atoms with Gasteiger partial charge in [0.2, 0.25) is 0 Å². The number of fused-ring (bicyclic) bond motifs is 1. The lowest BCUT2D eigenvalue weighted by atomic mass is 10.1. The van der Waals surface area contributed by atoms with Crippen LogP contribution in [0.15, 0.2) is 30.6 Å². The van der Waals surface area contributed by atoms with Crippen molar-refractivity contribution in [3.05, 3.63) is 42.0 Å². The van der Waals surface area contributed by atoms with Crippen LogP contribution in [0.2, 0.25) is 0 Å². The maximum Gasteiger partial charge on any atom is 0.157 e. The predicted molar refractivity (Wildman–Crippen MR) is 101 cm³/mol. The quantitative estimate of drug-likeness (QED) is 0.721. The minimum absolute atomic E-state index is 0.0970. The van der Waals surface area contributed by atoms with Crippen LogP contribution in [0.4, 0.5) is 5.82 Å². The Morgan fingerprint density at radius 1 is 1.31 bits per heavy atom. The number of aryl methyl sites for hydroxylation is 1. The highest BCUT2D eigenvalue weighted by atomic mass is 16.5. The molecule has 1 saturated heterocycles. The van der Waals surface area contributed by atoms with E-state index in [-0.39, 0.29) is 6.10 Å². The topological polar surface area (TPSA) is 60.5 Å². The highest BCUT2D eigenvalue weighted by molar-refractivity contribution is 5.52. The van der Waals surface area contributed by atoms with Crippen molar-refractivity contribution in [1.29, 1.82) is 0 Å². The minimum atomic E-state index is 0.0970. The zero-order valence-corrected chi connectivity index (χ0v) is 15.7. The third kappa shape index (κ3) is 3.44. The Morgan fingerprint density at radius 3 is 2.96 bits per heavy atom. The molecule has 0 aliphatic carbocycles. The Balaban J connectivity index is 1.68. The van der Waals surface area contributed by atoms with Crippen LogP contribution in [0.5, 0.6) is 0 Å². The Hall–Kier alpha value is -2.41. The van der Waals surface area contributed by atoms with Crippen LogP contribution in [0.3, 0.4) is 0 Å². The average Bonchev–Trinajstić information content (AvgIpc) is 3.18. The summed E-state index contributed by atoms with van der Waals surface area (Å²) in [6.45, 7) is 9.66. The number of anilines is 1. The van der Waals surface area contributed by atoms with Crippen LogP contribution in [-0.4, -0.2) is 50.2 Å². The van der Waals surface area contributed by atoms with Gasteiger partial charge in [0.15, 0.2) is 5.65 Å². The number of rotatable bonds is 4. The molecule has 3 aromatic heterocycles. The van der Waals surface area contributed by atoms with E-state index in [9.17, 15) is 0 Å². The van der Waals surface area contributed by atoms with Gasteiger partial charge in [0.05, 0.1) is 18.3 Å². The Kier molecular flexibility index (Phi) is 4.63. The molecule has 7 heteroatoms. The molecule has 1 fully saturated rings. The molecule has 0 saturated carbocycles. The molecule has 0 radical (unpaired) electrons. The summed E-state index contributed by atoms with van der Waals surface area (Å²) < 4.78 is 9.98. The highest BCUT2D eigenvalue weighted by Crippen LogP contribution is 2.24. The van der Waals surface area contributed by atoms with E-state index in [0.29, 0.717) is 5.92 Å². The van der Waals surface area contributed by atoms with Gasteiger partial charge in [0, 0.05) is 49.9 Å². The van der Waals surface area contributed by atoms with Crippen molar-refractivity contribution in [1.82, 2.24) is 24.4 Å². The molecule has 0 amide bonds. The lowest BCUT2D eigenvalue weighted by Crippen LogP contribution is -2.35. The maximum atomic E-state index is 6.08. The fraction of sp³-hybridized carbons (Fsp3) is 0.526. The molecule has 7 nitrogen and oxygen atoms in total. The second-order valence-electron chi connectivity index (χ2n) is 7.27. The van der Waals surface area contributed by atoms with E-state index in [1.807, 2.05) is 40.6 Å². The summed E-state index contributed by atoms with van der Waals surface area (Å²) in [5, 5.41) is 8.99. The van der Waals surface area contributed by atoms with E-state index in [0.717, 1.165) is 55.5 Å². The summed E-state index contributed by atoms with van der Waals surface area (Å²) in [7, 11) is 0. The van der Waals surface area contributed by atoms with Gasteiger partial charge in [-0.15, -0.1) is 0 Å². The first kappa shape index (κ1) is 17.0. The van der Waals surface area contributed by atoms with Gasteiger partial charge in [-0.1, -0.05) is 13.8 Å². The van der Waals surface area contributed by atoms with Gasteiger partial charge in [0.25, 0.3) is 0 Å². The van der Waals surface area contributed by atoms with Crippen molar-refractivity contribution in [3.8, 4) is 0 Å². The maximum absolute atomic E-state index is 6.08. The van der Waals surface area contributed by atoms with E-state index < -0.39 is 0 Å². The van der Waals surface area contributed by atoms with Crippen molar-refractivity contribution < 1.29 is 4.74 Å². The highest BCUT2D eigenvalue weighted by Gasteiger charge is 2.23. The minimum Gasteiger partial charge on any atom is -0.374 e. The molecule has 0 bridgehead atoms. The van der Waals surface area contributed by atoms with Gasteiger partial charge in [-0.3, -0.25) is 4.68 Å². The van der Waals surface area contributed by atoms with Gasteiger partial charge in [-0.25, -0.2) is 4.98 Å². The molecule has 1 atom stereocenters. The molecule has 0 spiro atoms. The molecular formula is C19H26N6O. The lowest BCUT2D eigenvalue weighted by molar-refractivity contribution is 0.0543. The lowest BCUT2D eigenvalue weighted by Gasteiger charge is -2.26. The molecule has 0 unspecified atom stereocenters. The third-order valence-electron chi connectivity index (χ3n) is 4.77. The summed E-state index contributed by atoms with van der Waals surface area (Å²) >= 11 is 0. The summed E-state index contributed by atoms with van der Waals surface area (Å²) in [6.07, 6.45) is 4.88. The van der Waals surface area contributed by atoms with E-state index in [1.165, 1.54) is 0 Å². The molecule has 138 valence electrons. The smallest absolute Gasteiger partial charge is 0.157 e. The van der Waals surface area contributed by atoms with Crippen LogP contribution >= 0.6 is 0 Å². The fourth-order valence-corrected chi connectivity index (χ4v) is 3.44. The van der Waals surface area contributed by atoms with E-state index in [4.69, 9.17) is 9.72 Å². The molecule has 4 rings (SSSR count). The molecule has 3 aromatic rings. The molecular weight excluding hydrogens is 328 g/mol. The van der Waals surface area contributed by atoms with Crippen LogP contribution in [-0.2, 0) is 11.3 Å². The average molecular weight is 354 g/mol. The number of hydrogen-bond donors (Lipinski definition) is 0. The Labute approximate surface area is 153 Å². The second kappa shape index (κ2) is 7.07. The van der Waals surface area contributed by atoms with Crippen LogP contribution in [0.25, 0.3) is 5.65 Å². The van der Waals surface area contributed by atoms with Gasteiger partial charge in [-0.05, 0) is 25.3 Å². The summed E-state index contributed by atoms with van der Waals surface area (Å²) in [6, 6.07) is 6.17. The molecule has 26 heavy (non-hydrogen) atoms. The summed E-state index contributed by atoms with van der Waals surface area (Å²) in [5.41, 5.74) is 3.00. The van der Waals surface area contributed by atoms with Crippen LogP contribution in [0, 0.1) is 6.92 Å². The van der Waals surface area contributed by atoms with Crippen molar-refractivity contribution in [2.75, 3.05) is 24.6 Å². The fourth-order valence-electron chi connectivity index (χ4n) is 3.44. The third-order valence-corrected chi connectivity index (χ3v) is 4.77. The SMILES string of the molecule is Cc1cc2nc(C(C)C)cc(N3CCCO[C@H](Cn4cccn4)C3)n2n1. The van der Waals surface area contributed by atoms with Crippen molar-refractivity contribution in [2.24, 2.45) is 0 Å². The summed E-state index contributed by atoms with van der Waals surface area (Å²) in [5.74, 6) is 1.47. The molecule has 0 N–H and O–H groups in total. The summed E-state index contributed by atoms with van der Waals surface area (Å²) in [4.78, 5) is 7.17. The van der Waals surface area contributed by atoms with Crippen molar-refractivity contribution >= 4 is 11.5 Å². The van der Waals surface area contributed by atoms with Crippen LogP contribution in [0.1, 0.15) is 37.6 Å². The predicted octanol–water partition coefficient (Wildman–Crippen LogP) is 2.65. The van der Waals surface area contributed by atoms with Gasteiger partial charge < -0.3 is 9.64 Å². The standard InChI is InChI=1S/C19H26N6O/c1-14(2)17-11-19(25-18(21-17)10-15(3)22-25)23-7-5-9-26-16(12-23)13-24-8-4-6-20-24/h4,6,8,10-11,14,16H,5,7,9,12-13H2,1-3H3/t16-/m0/s1. The first-order valence-electron chi connectivity index (χ1n) is 9.31. The van der Waals surface area contributed by atoms with Crippen LogP contribution < -0.4 is 4.90 Å². The Bertz CT molecular complexity index is 870. The van der Waals surface area contributed by atoms with Crippen molar-refractivity contribution in [2.45, 2.75) is 45.8 Å². The monoisotopic (exact) mass is 354 g/mol. The zero-order chi connectivity index (χ0) is 18.1. The van der Waals surface area contributed by atoms with Gasteiger partial charge in [-0.2, -0.15) is 14.7 Å². The van der Waals surface area contributed by atoms with E-state index in [2.05, 4.69) is 35.0 Å².